The van der Waals surface area contributed by atoms with Gasteiger partial charge in [0.15, 0.2) is 0 Å². The Morgan fingerprint density at radius 2 is 1.70 bits per heavy atom. The molecule has 0 bridgehead atoms. The topological polar surface area (TPSA) is 87.1 Å². The van der Waals surface area contributed by atoms with E-state index in [1.807, 2.05) is 31.3 Å². The highest BCUT2D eigenvalue weighted by atomic mass is 32.2. The van der Waals surface area contributed by atoms with Crippen LogP contribution < -0.4 is 5.10 Å². The van der Waals surface area contributed by atoms with Crippen molar-refractivity contribution < 1.29 is 18.1 Å². The van der Waals surface area contributed by atoms with Gasteiger partial charge in [-0.2, -0.15) is 5.10 Å². The zero-order valence-electron chi connectivity index (χ0n) is 10.8. The number of benzene rings is 2. The Morgan fingerprint density at radius 3 is 2.30 bits per heavy atom. The third-order valence-corrected chi connectivity index (χ3v) is 3.55. The van der Waals surface area contributed by atoms with Crippen LogP contribution in [-0.4, -0.2) is 18.1 Å². The Kier molecular flexibility index (Phi) is 4.16. The van der Waals surface area contributed by atoms with E-state index in [0.717, 1.165) is 11.1 Å². The smallest absolute Gasteiger partial charge is 0.200 e. The Hall–Kier alpha value is -2.18. The summed E-state index contributed by atoms with van der Waals surface area (Å²) in [7, 11) is -4.27. The van der Waals surface area contributed by atoms with E-state index in [9.17, 15) is 13.0 Å². The zero-order chi connectivity index (χ0) is 14.6. The molecule has 104 valence electrons. The van der Waals surface area contributed by atoms with Crippen molar-refractivity contribution in [3.8, 4) is 0 Å². The van der Waals surface area contributed by atoms with Gasteiger partial charge in [0.2, 0.25) is 6.20 Å². The monoisotopic (exact) mass is 290 g/mol. The van der Waals surface area contributed by atoms with E-state index in [-0.39, 0.29) is 4.90 Å². The van der Waals surface area contributed by atoms with Crippen molar-refractivity contribution in [2.45, 2.75) is 11.8 Å². The maximum Gasteiger partial charge on any atom is 0.200 e. The lowest BCUT2D eigenvalue weighted by molar-refractivity contribution is -0.446. The van der Waals surface area contributed by atoms with E-state index >= 15 is 0 Å². The number of hydrogen-bond donors (Lipinski definition) is 1. The molecule has 0 amide bonds. The lowest BCUT2D eigenvalue weighted by atomic mass is 10.2. The number of fused-ring (bicyclic) bond motifs is 1. The first-order valence-corrected chi connectivity index (χ1v) is 7.34. The minimum atomic E-state index is -4.27. The van der Waals surface area contributed by atoms with Gasteiger partial charge in [0.05, 0.1) is 10.3 Å². The van der Waals surface area contributed by atoms with Crippen molar-refractivity contribution in [2.24, 2.45) is 0 Å². The first-order chi connectivity index (χ1) is 9.47. The third-order valence-electron chi connectivity index (χ3n) is 2.70. The van der Waals surface area contributed by atoms with Gasteiger partial charge in [0.1, 0.15) is 15.6 Å². The molecule has 1 heterocycles. The number of aryl methyl sites for hydroxylation is 1. The molecule has 0 saturated heterocycles. The van der Waals surface area contributed by atoms with Crippen LogP contribution >= 0.6 is 0 Å². The Labute approximate surface area is 117 Å². The van der Waals surface area contributed by atoms with Crippen LogP contribution in [-0.2, 0) is 10.1 Å². The van der Waals surface area contributed by atoms with Crippen LogP contribution in [0.25, 0.3) is 10.9 Å². The van der Waals surface area contributed by atoms with Crippen LogP contribution in [0.2, 0.25) is 0 Å². The van der Waals surface area contributed by atoms with Crippen molar-refractivity contribution in [3.63, 3.8) is 0 Å². The molecule has 0 unspecified atom stereocenters. The van der Waals surface area contributed by atoms with Gasteiger partial charge in [-0.15, -0.1) is 5.10 Å². The van der Waals surface area contributed by atoms with Crippen molar-refractivity contribution >= 4 is 21.0 Å². The molecule has 0 saturated carbocycles. The Balaban J connectivity index is 0.000000149. The molecular weight excluding hydrogens is 276 g/mol. The quantitative estimate of drug-likeness (QED) is 0.694. The fraction of sp³-hybridized carbons (Fsp3) is 0.0714. The SMILES string of the molecule is Cc1ccc(S(=O)(=O)[O-])cc1.c1ccc2[nH][nH+]cc2c1. The average molecular weight is 290 g/mol. The van der Waals surface area contributed by atoms with Gasteiger partial charge in [-0.05, 0) is 31.2 Å². The lowest BCUT2D eigenvalue weighted by Gasteiger charge is -2.05. The van der Waals surface area contributed by atoms with Crippen LogP contribution in [0.5, 0.6) is 0 Å². The first kappa shape index (κ1) is 14.2. The van der Waals surface area contributed by atoms with Crippen molar-refractivity contribution in [1.82, 2.24) is 5.10 Å². The lowest BCUT2D eigenvalue weighted by Crippen LogP contribution is -1.97. The predicted octanol–water partition coefficient (Wildman–Crippen LogP) is 1.88. The van der Waals surface area contributed by atoms with Gasteiger partial charge in [-0.1, -0.05) is 29.8 Å². The van der Waals surface area contributed by atoms with Crippen LogP contribution in [0.1, 0.15) is 5.56 Å². The number of nitrogens with one attached hydrogen (secondary N) is 2. The summed E-state index contributed by atoms with van der Waals surface area (Å²) >= 11 is 0. The van der Waals surface area contributed by atoms with Crippen molar-refractivity contribution in [3.05, 3.63) is 60.3 Å². The van der Waals surface area contributed by atoms with Gasteiger partial charge in [0, 0.05) is 0 Å². The largest absolute Gasteiger partial charge is 0.744 e. The summed E-state index contributed by atoms with van der Waals surface area (Å²) in [4.78, 5) is -0.178. The molecule has 0 spiro atoms. The maximum atomic E-state index is 10.4. The molecule has 0 radical (unpaired) electrons. The van der Waals surface area contributed by atoms with Gasteiger partial charge < -0.3 is 4.55 Å². The fourth-order valence-corrected chi connectivity index (χ4v) is 2.10. The summed E-state index contributed by atoms with van der Waals surface area (Å²) in [5, 5.41) is 7.13. The molecule has 3 aromatic rings. The highest BCUT2D eigenvalue weighted by Crippen LogP contribution is 2.08. The second-order valence-corrected chi connectivity index (χ2v) is 5.65. The first-order valence-electron chi connectivity index (χ1n) is 5.93. The summed E-state index contributed by atoms with van der Waals surface area (Å²) in [6.45, 7) is 1.82. The zero-order valence-corrected chi connectivity index (χ0v) is 11.6. The van der Waals surface area contributed by atoms with E-state index in [0.29, 0.717) is 0 Å². The van der Waals surface area contributed by atoms with Crippen LogP contribution in [0.4, 0.5) is 0 Å². The van der Waals surface area contributed by atoms with Crippen LogP contribution in [0.15, 0.2) is 59.6 Å². The molecule has 0 aliphatic heterocycles. The molecular formula is C14H14N2O3S. The molecule has 6 heteroatoms. The molecule has 5 nitrogen and oxygen atoms in total. The highest BCUT2D eigenvalue weighted by Gasteiger charge is 1.97. The molecule has 3 rings (SSSR count). The second kappa shape index (κ2) is 5.85. The Bertz CT molecular complexity index is 762. The average Bonchev–Trinajstić information content (AvgIpc) is 2.87. The molecule has 2 aromatic carbocycles. The molecule has 1 aromatic heterocycles. The number of rotatable bonds is 1. The predicted molar refractivity (Wildman–Crippen MR) is 74.0 cm³/mol. The van der Waals surface area contributed by atoms with Crippen molar-refractivity contribution in [2.75, 3.05) is 0 Å². The minimum Gasteiger partial charge on any atom is -0.744 e. The number of aromatic amines is 2. The third kappa shape index (κ3) is 3.66. The number of hydrogen-bond acceptors (Lipinski definition) is 3. The highest BCUT2D eigenvalue weighted by molar-refractivity contribution is 7.85. The summed E-state index contributed by atoms with van der Waals surface area (Å²) < 4.78 is 31.2. The van der Waals surface area contributed by atoms with Gasteiger partial charge in [0.25, 0.3) is 0 Å². The summed E-state index contributed by atoms with van der Waals surface area (Å²) in [5.41, 5.74) is 2.08. The summed E-state index contributed by atoms with van der Waals surface area (Å²) in [5.74, 6) is 0. The van der Waals surface area contributed by atoms with E-state index in [4.69, 9.17) is 0 Å². The number of aromatic nitrogens is 2. The van der Waals surface area contributed by atoms with Crippen molar-refractivity contribution in [1.29, 1.82) is 0 Å². The standard InChI is InChI=1S/C7H6N2.C7H8O3S/c1-2-4-7-6(3-1)5-8-9-7;1-6-2-4-7(5-3-6)11(8,9)10/h1-5H,(H,8,9);2-5H,1H3,(H,8,9,10). The fourth-order valence-electron chi connectivity index (χ4n) is 1.63. The van der Waals surface area contributed by atoms with E-state index in [2.05, 4.69) is 16.3 Å². The molecule has 2 N–H and O–H groups in total. The normalized spacial score (nSPS) is 10.9. The molecule has 0 aliphatic carbocycles. The van der Waals surface area contributed by atoms with Gasteiger partial charge in [-0.25, -0.2) is 8.42 Å². The summed E-state index contributed by atoms with van der Waals surface area (Å²) in [6, 6.07) is 13.9. The molecule has 20 heavy (non-hydrogen) atoms. The number of H-pyrrole nitrogens is 2. The van der Waals surface area contributed by atoms with Gasteiger partial charge >= 0.3 is 0 Å². The molecule has 0 fully saturated rings. The Morgan fingerprint density at radius 1 is 1.05 bits per heavy atom. The number of para-hydroxylation sites is 1. The molecule has 0 atom stereocenters. The summed E-state index contributed by atoms with van der Waals surface area (Å²) in [6.07, 6.45) is 1.94. The van der Waals surface area contributed by atoms with Gasteiger partial charge in [-0.3, -0.25) is 0 Å². The van der Waals surface area contributed by atoms with E-state index in [1.165, 1.54) is 17.5 Å². The van der Waals surface area contributed by atoms with Crippen LogP contribution in [0, 0.1) is 6.92 Å². The minimum absolute atomic E-state index is 0.178. The van der Waals surface area contributed by atoms with E-state index < -0.39 is 10.1 Å². The van der Waals surface area contributed by atoms with E-state index in [1.54, 1.807) is 12.1 Å². The van der Waals surface area contributed by atoms with Crippen LogP contribution in [0.3, 0.4) is 0 Å². The maximum absolute atomic E-state index is 10.4. The molecule has 0 aliphatic rings. The second-order valence-electron chi connectivity index (χ2n) is 4.27.